The molecular formula is C44H66N8O14S2. The summed E-state index contributed by atoms with van der Waals surface area (Å²) in [6, 6.07) is 16.8. The Kier molecular flexibility index (Phi) is 20.8. The average Bonchev–Trinajstić information content (AvgIpc) is 3.75. The minimum absolute atomic E-state index is 0.0329. The highest BCUT2D eigenvalue weighted by atomic mass is 32.2. The van der Waals surface area contributed by atoms with Crippen LogP contribution in [0.1, 0.15) is 94.2 Å². The van der Waals surface area contributed by atoms with E-state index >= 15 is 0 Å². The molecule has 22 nitrogen and oxygen atoms in total. The van der Waals surface area contributed by atoms with Gasteiger partial charge in [-0.2, -0.15) is 0 Å². The monoisotopic (exact) mass is 994 g/mol. The molecule has 0 aliphatic rings. The summed E-state index contributed by atoms with van der Waals surface area (Å²) in [5, 5.41) is 22.5. The first kappa shape index (κ1) is 56.5. The first-order chi connectivity index (χ1) is 31.6. The van der Waals surface area contributed by atoms with Gasteiger partial charge in [-0.3, -0.25) is 24.6 Å². The first-order valence-corrected chi connectivity index (χ1v) is 25.2. The maximum Gasteiger partial charge on any atom is 0.408 e. The fourth-order valence-electron chi connectivity index (χ4n) is 6.08. The molecule has 3 amide bonds. The summed E-state index contributed by atoms with van der Waals surface area (Å²) in [5.41, 5.74) is 4.37. The number of carbonyl (C=O) groups excluding carboxylic acids is 3. The van der Waals surface area contributed by atoms with Crippen molar-refractivity contribution in [3.05, 3.63) is 115 Å². The standard InChI is InChI=1S/C24H37N5O7S.C20H29N3O7S/c1-16(2)13-26-23(32)36-12-11-18-20(28-29(21(18)30)37(5,33)34)19(27-22(31)24(3,4)25)15-35-14-17-9-7-6-8-10-17;1-20(2,3)30-19(26)21-16(13-29-12-14-8-6-5-7-9-14)17-15(10-11-24)18(25)23(22-17)31(4,27)28/h6-10,16,19,28H,11-15,25H2,1-5H3,(H,26,32)(H,27,31);5-9,16,22,24H,10-13H2,1-4H3,(H,21,26)/t19-;16-/m11/s1. The number of benzene rings is 2. The second-order valence-electron chi connectivity index (χ2n) is 17.8. The molecule has 2 atom stereocenters. The topological polar surface area (TPSA) is 314 Å². The van der Waals surface area contributed by atoms with Crippen molar-refractivity contribution in [2.24, 2.45) is 11.7 Å². The number of rotatable bonds is 22. The molecule has 68 heavy (non-hydrogen) atoms. The van der Waals surface area contributed by atoms with Crippen LogP contribution in [-0.4, -0.2) is 115 Å². The Balaban J connectivity index is 0.000000366. The van der Waals surface area contributed by atoms with E-state index in [9.17, 15) is 45.9 Å². The number of aliphatic hydroxyl groups is 1. The normalized spacial score (nSPS) is 12.9. The van der Waals surface area contributed by atoms with E-state index in [0.29, 0.717) is 14.7 Å². The third kappa shape index (κ3) is 18.4. The number of hydrogen-bond donors (Lipinski definition) is 7. The zero-order chi connectivity index (χ0) is 51.0. The van der Waals surface area contributed by atoms with Gasteiger partial charge in [0.05, 0.1) is 74.6 Å². The summed E-state index contributed by atoms with van der Waals surface area (Å²) in [6.07, 6.45) is 0.132. The second kappa shape index (κ2) is 25.0. The fraction of sp³-hybridized carbons (Fsp3) is 0.523. The van der Waals surface area contributed by atoms with E-state index in [1.54, 1.807) is 20.8 Å². The van der Waals surface area contributed by atoms with Gasteiger partial charge in [0, 0.05) is 37.1 Å². The van der Waals surface area contributed by atoms with Gasteiger partial charge in [0.2, 0.25) is 5.91 Å². The van der Waals surface area contributed by atoms with E-state index in [2.05, 4.69) is 26.1 Å². The van der Waals surface area contributed by atoms with Gasteiger partial charge < -0.3 is 45.7 Å². The van der Waals surface area contributed by atoms with E-state index in [1.807, 2.05) is 74.5 Å². The van der Waals surface area contributed by atoms with Gasteiger partial charge in [-0.15, -0.1) is 8.17 Å². The Morgan fingerprint density at radius 2 is 1.16 bits per heavy atom. The Morgan fingerprint density at radius 1 is 0.721 bits per heavy atom. The summed E-state index contributed by atoms with van der Waals surface area (Å²) in [6.45, 7) is 12.1. The predicted molar refractivity (Wildman–Crippen MR) is 253 cm³/mol. The van der Waals surface area contributed by atoms with E-state index in [0.717, 1.165) is 23.6 Å². The number of carbonyl (C=O) groups is 3. The molecule has 0 unspecified atom stereocenters. The van der Waals surface area contributed by atoms with Crippen molar-refractivity contribution in [1.82, 2.24) is 34.3 Å². The minimum Gasteiger partial charge on any atom is -0.449 e. The molecule has 0 saturated carbocycles. The second-order valence-corrected chi connectivity index (χ2v) is 21.4. The Hall–Kier alpha value is -5.79. The van der Waals surface area contributed by atoms with Gasteiger partial charge in [0.15, 0.2) is 0 Å². The molecule has 0 fully saturated rings. The van der Waals surface area contributed by atoms with E-state index < -0.39 is 72.5 Å². The molecule has 24 heteroatoms. The van der Waals surface area contributed by atoms with E-state index in [1.165, 1.54) is 13.8 Å². The molecule has 4 rings (SSSR count). The summed E-state index contributed by atoms with van der Waals surface area (Å²) >= 11 is 0. The van der Waals surface area contributed by atoms with Crippen molar-refractivity contribution in [3.63, 3.8) is 0 Å². The molecule has 2 heterocycles. The van der Waals surface area contributed by atoms with Crippen LogP contribution in [0.15, 0.2) is 70.3 Å². The number of nitrogens with two attached hydrogens (primary N) is 1. The maximum absolute atomic E-state index is 13.0. The van der Waals surface area contributed by atoms with Gasteiger partial charge >= 0.3 is 12.2 Å². The summed E-state index contributed by atoms with van der Waals surface area (Å²) < 4.78 is 71.4. The van der Waals surface area contributed by atoms with E-state index in [4.69, 9.17) is 24.7 Å². The van der Waals surface area contributed by atoms with Crippen molar-refractivity contribution < 1.29 is 55.3 Å². The number of H-pyrrole nitrogens is 2. The quantitative estimate of drug-likeness (QED) is 0.0594. The molecule has 0 bridgehead atoms. The third-order valence-corrected chi connectivity index (χ3v) is 11.2. The molecule has 2 aromatic heterocycles. The van der Waals surface area contributed by atoms with Crippen LogP contribution in [0.25, 0.3) is 0 Å². The number of nitrogens with zero attached hydrogens (tertiary/aromatic N) is 2. The predicted octanol–water partition coefficient (Wildman–Crippen LogP) is 2.32. The number of amides is 3. The lowest BCUT2D eigenvalue weighted by atomic mass is 10.0. The highest BCUT2D eigenvalue weighted by Gasteiger charge is 2.31. The Morgan fingerprint density at radius 3 is 1.56 bits per heavy atom. The number of ether oxygens (including phenoxy) is 4. The van der Waals surface area contributed by atoms with Crippen molar-refractivity contribution in [1.29, 1.82) is 0 Å². The lowest BCUT2D eigenvalue weighted by Crippen LogP contribution is -2.50. The highest BCUT2D eigenvalue weighted by molar-refractivity contribution is 7.89. The summed E-state index contributed by atoms with van der Waals surface area (Å²) in [4.78, 5) is 62.7. The summed E-state index contributed by atoms with van der Waals surface area (Å²) in [7, 11) is -7.92. The molecule has 0 spiro atoms. The SMILES string of the molecule is CC(C)(C)OC(=O)N[C@H](COCc1ccccc1)c1[nH]n(S(C)(=O)=O)c(=O)c1CCO.CC(C)CNC(=O)OCCc1c([C@@H](COCc2ccccc2)NC(=O)C(C)(C)N)[nH]n(S(C)(=O)=O)c1=O. The highest BCUT2D eigenvalue weighted by Crippen LogP contribution is 2.20. The van der Waals surface area contributed by atoms with Crippen molar-refractivity contribution in [2.45, 2.75) is 97.7 Å². The van der Waals surface area contributed by atoms with Crippen molar-refractivity contribution >= 4 is 38.1 Å². The molecule has 378 valence electrons. The Labute approximate surface area is 396 Å². The lowest BCUT2D eigenvalue weighted by Gasteiger charge is -2.24. The van der Waals surface area contributed by atoms with Crippen LogP contribution in [-0.2, 0) is 69.8 Å². The van der Waals surface area contributed by atoms with Crippen molar-refractivity contribution in [2.75, 3.05) is 45.5 Å². The molecule has 0 saturated heterocycles. The fourth-order valence-corrected chi connectivity index (χ4v) is 7.43. The van der Waals surface area contributed by atoms with E-state index in [-0.39, 0.29) is 80.9 Å². The zero-order valence-corrected chi connectivity index (χ0v) is 41.5. The van der Waals surface area contributed by atoms with Gasteiger partial charge in [-0.25, -0.2) is 26.4 Å². The molecule has 0 aliphatic carbocycles. The summed E-state index contributed by atoms with van der Waals surface area (Å²) in [5.74, 6) is -0.318. The minimum atomic E-state index is -4.00. The van der Waals surface area contributed by atoms with Crippen LogP contribution in [0.5, 0.6) is 0 Å². The lowest BCUT2D eigenvalue weighted by molar-refractivity contribution is -0.126. The van der Waals surface area contributed by atoms with Gasteiger partial charge in [0.25, 0.3) is 31.2 Å². The average molecular weight is 995 g/mol. The van der Waals surface area contributed by atoms with Crippen LogP contribution < -0.4 is 32.8 Å². The molecule has 8 N–H and O–H groups in total. The first-order valence-electron chi connectivity index (χ1n) is 21.5. The zero-order valence-electron chi connectivity index (χ0n) is 39.9. The largest absolute Gasteiger partial charge is 0.449 e. The van der Waals surface area contributed by atoms with Crippen LogP contribution in [0.2, 0.25) is 0 Å². The van der Waals surface area contributed by atoms with Gasteiger partial charge in [-0.05, 0) is 51.7 Å². The van der Waals surface area contributed by atoms with Crippen LogP contribution in [0, 0.1) is 5.92 Å². The van der Waals surface area contributed by atoms with Crippen molar-refractivity contribution in [3.8, 4) is 0 Å². The molecule has 2 aromatic carbocycles. The number of hydrogen-bond acceptors (Lipinski definition) is 15. The molecular weight excluding hydrogens is 929 g/mol. The maximum atomic E-state index is 13.0. The third-order valence-electron chi connectivity index (χ3n) is 9.31. The number of aliphatic hydroxyl groups excluding tert-OH is 1. The van der Waals surface area contributed by atoms with Crippen LogP contribution in [0.3, 0.4) is 0 Å². The Bertz CT molecular complexity index is 2610. The molecule has 4 aromatic rings. The number of alkyl carbamates (subject to hydrolysis) is 2. The van der Waals surface area contributed by atoms with Gasteiger partial charge in [0.1, 0.15) is 5.60 Å². The molecule has 0 aliphatic heterocycles. The number of aromatic nitrogens is 4. The number of nitrogens with one attached hydrogen (secondary N) is 5. The smallest absolute Gasteiger partial charge is 0.408 e. The molecule has 0 radical (unpaired) electrons. The number of aromatic amines is 2. The van der Waals surface area contributed by atoms with Crippen LogP contribution >= 0.6 is 0 Å². The van der Waals surface area contributed by atoms with Gasteiger partial charge in [-0.1, -0.05) is 74.5 Å². The van der Waals surface area contributed by atoms with Crippen LogP contribution in [0.4, 0.5) is 9.59 Å².